The third-order valence-electron chi connectivity index (χ3n) is 2.28. The second-order valence-electron chi connectivity index (χ2n) is 3.43. The monoisotopic (exact) mass is 243 g/mol. The number of hydrogen-bond donors (Lipinski definition) is 2. The summed E-state index contributed by atoms with van der Waals surface area (Å²) in [6.45, 7) is 2.70. The van der Waals surface area contributed by atoms with E-state index in [4.69, 9.17) is 16.7 Å². The zero-order valence-corrected chi connectivity index (χ0v) is 9.74. The number of aromatic hydroxyl groups is 1. The largest absolute Gasteiger partial charge is 0.508 e. The number of carbonyl (C=O) groups is 1. The minimum Gasteiger partial charge on any atom is -0.508 e. The van der Waals surface area contributed by atoms with Gasteiger partial charge < -0.3 is 10.2 Å². The Morgan fingerprint density at radius 2 is 2.19 bits per heavy atom. The molecule has 2 N–H and O–H groups in total. The summed E-state index contributed by atoms with van der Waals surface area (Å²) >= 11 is 5.93. The lowest BCUT2D eigenvalue weighted by atomic mass is 10.2. The topological polar surface area (TPSA) is 60.8 Å². The Morgan fingerprint density at radius 1 is 1.50 bits per heavy atom. The number of phenols is 1. The first kappa shape index (κ1) is 12.8. The second kappa shape index (κ2) is 5.72. The van der Waals surface area contributed by atoms with Gasteiger partial charge in [-0.25, -0.2) is 0 Å². The fourth-order valence-corrected chi connectivity index (χ4v) is 1.63. The van der Waals surface area contributed by atoms with Crippen molar-refractivity contribution in [3.05, 3.63) is 28.8 Å². The van der Waals surface area contributed by atoms with Crippen molar-refractivity contribution < 1.29 is 15.0 Å². The third kappa shape index (κ3) is 3.40. The first-order valence-electron chi connectivity index (χ1n) is 4.95. The van der Waals surface area contributed by atoms with Crippen LogP contribution in [0.1, 0.15) is 12.5 Å². The number of hydrogen-bond acceptors (Lipinski definition) is 3. The summed E-state index contributed by atoms with van der Waals surface area (Å²) in [5.41, 5.74) is 0.562. The molecule has 0 bridgehead atoms. The highest BCUT2D eigenvalue weighted by molar-refractivity contribution is 6.31. The molecule has 0 heterocycles. The van der Waals surface area contributed by atoms with E-state index < -0.39 is 5.97 Å². The van der Waals surface area contributed by atoms with Crippen LogP contribution >= 0.6 is 11.6 Å². The maximum Gasteiger partial charge on any atom is 0.317 e. The molecule has 0 aliphatic rings. The fourth-order valence-electron chi connectivity index (χ4n) is 1.40. The fraction of sp³-hybridized carbons (Fsp3) is 0.364. The molecule has 0 radical (unpaired) electrons. The van der Waals surface area contributed by atoms with Gasteiger partial charge in [0.25, 0.3) is 0 Å². The predicted molar refractivity (Wildman–Crippen MR) is 61.7 cm³/mol. The van der Waals surface area contributed by atoms with Gasteiger partial charge in [-0.3, -0.25) is 9.69 Å². The highest BCUT2D eigenvalue weighted by atomic mass is 35.5. The lowest BCUT2D eigenvalue weighted by Gasteiger charge is -2.19. The van der Waals surface area contributed by atoms with Crippen LogP contribution in [0.3, 0.4) is 0 Å². The van der Waals surface area contributed by atoms with Gasteiger partial charge in [-0.05, 0) is 18.7 Å². The molecule has 0 atom stereocenters. The van der Waals surface area contributed by atoms with E-state index in [2.05, 4.69) is 0 Å². The zero-order chi connectivity index (χ0) is 12.1. The van der Waals surface area contributed by atoms with Gasteiger partial charge in [0, 0.05) is 17.1 Å². The smallest absolute Gasteiger partial charge is 0.317 e. The number of nitrogens with zero attached hydrogens (tertiary/aromatic N) is 1. The van der Waals surface area contributed by atoms with E-state index in [0.29, 0.717) is 23.7 Å². The Labute approximate surface area is 99.1 Å². The Bertz CT molecular complexity index is 361. The molecule has 1 rings (SSSR count). The summed E-state index contributed by atoms with van der Waals surface area (Å²) in [4.78, 5) is 12.3. The van der Waals surface area contributed by atoms with Gasteiger partial charge in [0.1, 0.15) is 5.75 Å². The van der Waals surface area contributed by atoms with Crippen LogP contribution in [-0.2, 0) is 11.3 Å². The first-order chi connectivity index (χ1) is 7.54. The molecule has 1 aromatic carbocycles. The molecule has 0 aromatic heterocycles. The van der Waals surface area contributed by atoms with Crippen molar-refractivity contribution in [1.29, 1.82) is 0 Å². The van der Waals surface area contributed by atoms with Crippen molar-refractivity contribution in [3.63, 3.8) is 0 Å². The van der Waals surface area contributed by atoms with E-state index in [1.54, 1.807) is 17.0 Å². The Balaban J connectivity index is 2.81. The molecule has 16 heavy (non-hydrogen) atoms. The molecule has 5 heteroatoms. The molecule has 0 unspecified atom stereocenters. The van der Waals surface area contributed by atoms with Crippen LogP contribution in [0.4, 0.5) is 0 Å². The van der Waals surface area contributed by atoms with Gasteiger partial charge in [0.15, 0.2) is 0 Å². The highest BCUT2D eigenvalue weighted by Gasteiger charge is 2.13. The summed E-state index contributed by atoms with van der Waals surface area (Å²) in [6.07, 6.45) is 0. The second-order valence-corrected chi connectivity index (χ2v) is 3.84. The average Bonchev–Trinajstić information content (AvgIpc) is 2.21. The van der Waals surface area contributed by atoms with Gasteiger partial charge in [0.05, 0.1) is 6.54 Å². The summed E-state index contributed by atoms with van der Waals surface area (Å²) in [7, 11) is 0. The molecule has 0 aliphatic heterocycles. The van der Waals surface area contributed by atoms with Crippen LogP contribution in [0.15, 0.2) is 18.2 Å². The van der Waals surface area contributed by atoms with Gasteiger partial charge in [-0.1, -0.05) is 24.6 Å². The molecule has 88 valence electrons. The van der Waals surface area contributed by atoms with Crippen LogP contribution in [0, 0.1) is 0 Å². The van der Waals surface area contributed by atoms with E-state index in [1.165, 1.54) is 6.07 Å². The van der Waals surface area contributed by atoms with Crippen LogP contribution in [0.25, 0.3) is 0 Å². The van der Waals surface area contributed by atoms with Crippen molar-refractivity contribution >= 4 is 17.6 Å². The van der Waals surface area contributed by atoms with Crippen molar-refractivity contribution in [3.8, 4) is 5.75 Å². The normalized spacial score (nSPS) is 10.7. The Hall–Kier alpha value is -1.26. The van der Waals surface area contributed by atoms with Crippen LogP contribution < -0.4 is 0 Å². The van der Waals surface area contributed by atoms with Crippen molar-refractivity contribution in [2.75, 3.05) is 13.1 Å². The lowest BCUT2D eigenvalue weighted by molar-refractivity contribution is -0.138. The number of carboxylic acids is 1. The van der Waals surface area contributed by atoms with Crippen LogP contribution in [0.2, 0.25) is 5.02 Å². The van der Waals surface area contributed by atoms with Crippen molar-refractivity contribution in [2.24, 2.45) is 0 Å². The third-order valence-corrected chi connectivity index (χ3v) is 2.64. The predicted octanol–water partition coefficient (Wildman–Crippen LogP) is 1.95. The van der Waals surface area contributed by atoms with Gasteiger partial charge in [-0.15, -0.1) is 0 Å². The first-order valence-corrected chi connectivity index (χ1v) is 5.33. The molecule has 1 aromatic rings. The minimum atomic E-state index is -0.895. The molecule has 0 spiro atoms. The number of benzene rings is 1. The lowest BCUT2D eigenvalue weighted by Crippen LogP contribution is -2.29. The van der Waals surface area contributed by atoms with Gasteiger partial charge >= 0.3 is 5.97 Å². The maximum atomic E-state index is 10.6. The summed E-state index contributed by atoms with van der Waals surface area (Å²) in [5, 5.41) is 18.8. The molecular weight excluding hydrogens is 230 g/mol. The van der Waals surface area contributed by atoms with Crippen LogP contribution in [-0.4, -0.2) is 34.2 Å². The summed E-state index contributed by atoms with van der Waals surface area (Å²) < 4.78 is 0. The molecule has 0 amide bonds. The average molecular weight is 244 g/mol. The molecule has 0 saturated heterocycles. The summed E-state index contributed by atoms with van der Waals surface area (Å²) in [6, 6.07) is 4.86. The van der Waals surface area contributed by atoms with E-state index >= 15 is 0 Å². The van der Waals surface area contributed by atoms with Crippen molar-refractivity contribution in [1.82, 2.24) is 4.90 Å². The minimum absolute atomic E-state index is 0.0683. The van der Waals surface area contributed by atoms with Gasteiger partial charge in [-0.2, -0.15) is 0 Å². The zero-order valence-electron chi connectivity index (χ0n) is 8.98. The van der Waals surface area contributed by atoms with E-state index in [1.807, 2.05) is 6.92 Å². The van der Waals surface area contributed by atoms with E-state index in [-0.39, 0.29) is 12.3 Å². The quantitative estimate of drug-likeness (QED) is 0.830. The summed E-state index contributed by atoms with van der Waals surface area (Å²) in [5.74, 6) is -0.801. The molecule has 0 fully saturated rings. The van der Waals surface area contributed by atoms with Crippen LogP contribution in [0.5, 0.6) is 5.75 Å². The molecule has 0 saturated carbocycles. The number of carboxylic acid groups (broad SMARTS) is 1. The Morgan fingerprint density at radius 3 is 2.69 bits per heavy atom. The SMILES string of the molecule is CCN(CC(=O)O)Cc1c(O)cccc1Cl. The molecule has 0 aliphatic carbocycles. The number of halogens is 1. The molecular formula is C11H14ClNO3. The van der Waals surface area contributed by atoms with Crippen molar-refractivity contribution in [2.45, 2.75) is 13.5 Å². The van der Waals surface area contributed by atoms with E-state index in [0.717, 1.165) is 0 Å². The highest BCUT2D eigenvalue weighted by Crippen LogP contribution is 2.26. The van der Waals surface area contributed by atoms with Gasteiger partial charge in [0.2, 0.25) is 0 Å². The van der Waals surface area contributed by atoms with E-state index in [9.17, 15) is 9.90 Å². The number of phenolic OH excluding ortho intramolecular Hbond substituents is 1. The molecule has 4 nitrogen and oxygen atoms in total. The number of likely N-dealkylation sites (N-methyl/N-ethyl adjacent to an activating group) is 1. The standard InChI is InChI=1S/C11H14ClNO3/c1-2-13(7-11(15)16)6-8-9(12)4-3-5-10(8)14/h3-5,14H,2,6-7H2,1H3,(H,15,16). The maximum absolute atomic E-state index is 10.6. The number of aliphatic carboxylic acids is 1. The number of rotatable bonds is 5. The Kier molecular flexibility index (Phi) is 4.58.